The minimum absolute atomic E-state index is 0. The molecule has 2 aliphatic heterocycles. The molecular formula is C19H22ClN5. The third kappa shape index (κ3) is 2.97. The topological polar surface area (TPSA) is 56.1 Å². The lowest BCUT2D eigenvalue weighted by atomic mass is 9.88. The van der Waals surface area contributed by atoms with Crippen LogP contribution >= 0.6 is 12.4 Å². The van der Waals surface area contributed by atoms with Gasteiger partial charge >= 0.3 is 0 Å². The van der Waals surface area contributed by atoms with Crippen molar-refractivity contribution in [3.05, 3.63) is 53.5 Å². The fourth-order valence-electron chi connectivity index (χ4n) is 4.46. The van der Waals surface area contributed by atoms with E-state index in [9.17, 15) is 5.26 Å². The molecule has 0 saturated carbocycles. The van der Waals surface area contributed by atoms with Crippen LogP contribution in [0.3, 0.4) is 0 Å². The summed E-state index contributed by atoms with van der Waals surface area (Å²) < 4.78 is 0. The fraction of sp³-hybridized carbons (Fsp3) is 0.421. The number of likely N-dealkylation sites (tertiary alicyclic amines) is 1. The highest BCUT2D eigenvalue weighted by atomic mass is 35.5. The van der Waals surface area contributed by atoms with E-state index in [1.807, 2.05) is 0 Å². The molecule has 0 radical (unpaired) electrons. The summed E-state index contributed by atoms with van der Waals surface area (Å²) in [6, 6.07) is 11.3. The molecule has 3 heterocycles. The predicted molar refractivity (Wildman–Crippen MR) is 99.7 cm³/mol. The maximum absolute atomic E-state index is 9.30. The molecule has 2 saturated heterocycles. The van der Waals surface area contributed by atoms with Crippen LogP contribution in [0.25, 0.3) is 0 Å². The lowest BCUT2D eigenvalue weighted by Gasteiger charge is -2.28. The van der Waals surface area contributed by atoms with Crippen molar-refractivity contribution in [2.45, 2.75) is 13.0 Å². The molecule has 2 aromatic rings. The van der Waals surface area contributed by atoms with Gasteiger partial charge in [-0.3, -0.25) is 4.90 Å². The summed E-state index contributed by atoms with van der Waals surface area (Å²) >= 11 is 0. The molecule has 0 aliphatic carbocycles. The van der Waals surface area contributed by atoms with Gasteiger partial charge in [-0.1, -0.05) is 24.3 Å². The van der Waals surface area contributed by atoms with E-state index in [1.54, 1.807) is 12.4 Å². The number of aryl methyl sites for hydroxylation is 1. The van der Waals surface area contributed by atoms with Gasteiger partial charge in [0.15, 0.2) is 11.5 Å². The smallest absolute Gasteiger partial charge is 0.183 e. The van der Waals surface area contributed by atoms with Crippen LogP contribution in [0.1, 0.15) is 22.9 Å². The van der Waals surface area contributed by atoms with Crippen molar-refractivity contribution < 1.29 is 0 Å². The number of nitriles is 1. The van der Waals surface area contributed by atoms with Gasteiger partial charge in [-0.2, -0.15) is 5.26 Å². The average Bonchev–Trinajstić information content (AvgIpc) is 3.12. The van der Waals surface area contributed by atoms with E-state index >= 15 is 0 Å². The monoisotopic (exact) mass is 355 g/mol. The summed E-state index contributed by atoms with van der Waals surface area (Å²) in [5, 5.41) is 9.30. The molecule has 1 aromatic heterocycles. The van der Waals surface area contributed by atoms with Crippen LogP contribution in [0.5, 0.6) is 0 Å². The number of hydrogen-bond acceptors (Lipinski definition) is 5. The number of benzene rings is 1. The molecule has 3 atom stereocenters. The molecular weight excluding hydrogens is 334 g/mol. The third-order valence-electron chi connectivity index (χ3n) is 5.49. The van der Waals surface area contributed by atoms with Crippen LogP contribution in [-0.2, 0) is 0 Å². The highest BCUT2D eigenvalue weighted by Crippen LogP contribution is 2.45. The maximum Gasteiger partial charge on any atom is 0.183 e. The Hall–Kier alpha value is -2.16. The Morgan fingerprint density at radius 1 is 1.12 bits per heavy atom. The van der Waals surface area contributed by atoms with Crippen LogP contribution in [0.2, 0.25) is 0 Å². The molecule has 1 aromatic carbocycles. The number of rotatable bonds is 2. The van der Waals surface area contributed by atoms with Crippen LogP contribution in [-0.4, -0.2) is 41.5 Å². The Bertz CT molecular complexity index is 802. The summed E-state index contributed by atoms with van der Waals surface area (Å²) in [5.41, 5.74) is 3.21. The van der Waals surface area contributed by atoms with Crippen LogP contribution in [0, 0.1) is 30.1 Å². The van der Waals surface area contributed by atoms with Gasteiger partial charge in [0.25, 0.3) is 0 Å². The molecule has 2 aliphatic rings. The molecule has 0 unspecified atom stereocenters. The Labute approximate surface area is 154 Å². The number of halogens is 1. The zero-order chi connectivity index (χ0) is 16.7. The Morgan fingerprint density at radius 3 is 2.64 bits per heavy atom. The van der Waals surface area contributed by atoms with Crippen molar-refractivity contribution in [2.75, 3.05) is 31.6 Å². The van der Waals surface area contributed by atoms with Gasteiger partial charge in [0.1, 0.15) is 6.07 Å². The fourth-order valence-corrected chi connectivity index (χ4v) is 4.46. The molecule has 0 bridgehead atoms. The average molecular weight is 356 g/mol. The highest BCUT2D eigenvalue weighted by molar-refractivity contribution is 5.85. The molecule has 0 amide bonds. The standard InChI is InChI=1S/C19H21N5.ClH/c1-13-5-3-4-6-15(13)18-16-12-24(11-14(16)10-23(18)2)19-17(9-20)21-7-8-22-19;/h3-8,14,16,18H,10-12H2,1-2H3;1H/t14-,16+,18-;/m0./s1. The minimum Gasteiger partial charge on any atom is -0.354 e. The van der Waals surface area contributed by atoms with Gasteiger partial charge in [0, 0.05) is 44.0 Å². The van der Waals surface area contributed by atoms with E-state index in [-0.39, 0.29) is 12.4 Å². The first-order valence-electron chi connectivity index (χ1n) is 8.41. The number of aromatic nitrogens is 2. The zero-order valence-electron chi connectivity index (χ0n) is 14.5. The van der Waals surface area contributed by atoms with Crippen molar-refractivity contribution >= 4 is 18.2 Å². The highest BCUT2D eigenvalue weighted by Gasteiger charge is 2.47. The minimum atomic E-state index is 0. The lowest BCUT2D eigenvalue weighted by molar-refractivity contribution is 0.279. The first-order valence-corrected chi connectivity index (χ1v) is 8.41. The Kier molecular flexibility index (Phi) is 4.94. The number of anilines is 1. The second-order valence-electron chi connectivity index (χ2n) is 6.91. The van der Waals surface area contributed by atoms with Crippen LogP contribution in [0.15, 0.2) is 36.7 Å². The normalized spacial score (nSPS) is 25.3. The van der Waals surface area contributed by atoms with Crippen molar-refractivity contribution in [1.29, 1.82) is 5.26 Å². The zero-order valence-corrected chi connectivity index (χ0v) is 15.3. The van der Waals surface area contributed by atoms with Gasteiger partial charge in [0.05, 0.1) is 0 Å². The van der Waals surface area contributed by atoms with E-state index < -0.39 is 0 Å². The quantitative estimate of drug-likeness (QED) is 0.829. The molecule has 0 N–H and O–H groups in total. The van der Waals surface area contributed by atoms with Crippen molar-refractivity contribution in [3.8, 4) is 6.07 Å². The number of hydrogen-bond donors (Lipinski definition) is 0. The van der Waals surface area contributed by atoms with Crippen LogP contribution < -0.4 is 4.90 Å². The van der Waals surface area contributed by atoms with Crippen LogP contribution in [0.4, 0.5) is 5.82 Å². The van der Waals surface area contributed by atoms with Gasteiger partial charge in [-0.05, 0) is 31.0 Å². The van der Waals surface area contributed by atoms with Gasteiger partial charge in [0.2, 0.25) is 0 Å². The largest absolute Gasteiger partial charge is 0.354 e. The number of fused-ring (bicyclic) bond motifs is 1. The van der Waals surface area contributed by atoms with Gasteiger partial charge in [-0.15, -0.1) is 12.4 Å². The SMILES string of the molecule is Cc1ccccc1[C@H]1[C@@H]2CN(c3nccnc3C#N)C[C@@H]2CN1C.Cl. The molecule has 130 valence electrons. The van der Waals surface area contributed by atoms with E-state index in [4.69, 9.17) is 0 Å². The predicted octanol–water partition coefficient (Wildman–Crippen LogP) is 2.82. The van der Waals surface area contributed by atoms with Crippen molar-refractivity contribution in [3.63, 3.8) is 0 Å². The molecule has 2 fully saturated rings. The molecule has 6 heteroatoms. The molecule has 5 nitrogen and oxygen atoms in total. The Balaban J connectivity index is 0.00000182. The summed E-state index contributed by atoms with van der Waals surface area (Å²) in [6.45, 7) is 5.16. The van der Waals surface area contributed by atoms with Gasteiger partial charge in [-0.25, -0.2) is 9.97 Å². The summed E-state index contributed by atoms with van der Waals surface area (Å²) in [4.78, 5) is 13.3. The van der Waals surface area contributed by atoms with E-state index in [2.05, 4.69) is 64.1 Å². The Morgan fingerprint density at radius 2 is 1.88 bits per heavy atom. The van der Waals surface area contributed by atoms with Gasteiger partial charge < -0.3 is 4.90 Å². The van der Waals surface area contributed by atoms with Crippen molar-refractivity contribution in [2.24, 2.45) is 11.8 Å². The van der Waals surface area contributed by atoms with E-state index in [0.29, 0.717) is 23.6 Å². The summed E-state index contributed by atoms with van der Waals surface area (Å²) in [6.07, 6.45) is 3.26. The molecule has 4 rings (SSSR count). The molecule has 0 spiro atoms. The van der Waals surface area contributed by atoms with E-state index in [0.717, 1.165) is 25.5 Å². The first-order chi connectivity index (χ1) is 11.7. The maximum atomic E-state index is 9.30. The second-order valence-corrected chi connectivity index (χ2v) is 6.91. The summed E-state index contributed by atoms with van der Waals surface area (Å²) in [7, 11) is 2.22. The third-order valence-corrected chi connectivity index (χ3v) is 5.49. The second kappa shape index (κ2) is 6.99. The van der Waals surface area contributed by atoms with E-state index in [1.165, 1.54) is 11.1 Å². The first kappa shape index (κ1) is 17.7. The molecule has 25 heavy (non-hydrogen) atoms. The number of nitrogens with zero attached hydrogens (tertiary/aromatic N) is 5. The van der Waals surface area contributed by atoms with Crippen molar-refractivity contribution in [1.82, 2.24) is 14.9 Å². The lowest BCUT2D eigenvalue weighted by Crippen LogP contribution is -2.30. The summed E-state index contributed by atoms with van der Waals surface area (Å²) in [5.74, 6) is 1.90.